The molecule has 0 radical (unpaired) electrons. The summed E-state index contributed by atoms with van der Waals surface area (Å²) in [5.41, 5.74) is 1.16. The molecule has 0 aliphatic carbocycles. The molecule has 0 saturated heterocycles. The van der Waals surface area contributed by atoms with E-state index in [9.17, 15) is 0 Å². The van der Waals surface area contributed by atoms with Gasteiger partial charge in [0.25, 0.3) is 0 Å². The highest BCUT2D eigenvalue weighted by atomic mass is 35.5. The largest absolute Gasteiger partial charge is 0.0885 e. The molecule has 0 saturated carbocycles. The number of benzene rings is 1. The molecule has 1 aromatic rings. The fraction of sp³-hybridized carbons (Fsp3) is 0.385. The zero-order chi connectivity index (χ0) is 11.3. The molecule has 0 N–H and O–H groups in total. The van der Waals surface area contributed by atoms with Crippen LogP contribution in [0.3, 0.4) is 0 Å². The molecule has 82 valence electrons. The first-order valence-corrected chi connectivity index (χ1v) is 5.99. The van der Waals surface area contributed by atoms with E-state index in [0.717, 1.165) is 23.4 Å². The molecule has 2 heteroatoms. The Bertz CT molecular complexity index is 342. The molecule has 1 atom stereocenters. The third-order valence-corrected chi connectivity index (χ3v) is 2.84. The Morgan fingerprint density at radius 1 is 1.33 bits per heavy atom. The summed E-state index contributed by atoms with van der Waals surface area (Å²) in [6, 6.07) is 5.69. The fourth-order valence-electron chi connectivity index (χ4n) is 1.47. The second kappa shape index (κ2) is 6.19. The Kier molecular flexibility index (Phi) is 5.21. The predicted molar refractivity (Wildman–Crippen MR) is 68.8 cm³/mol. The predicted octanol–water partition coefficient (Wildman–Crippen LogP) is 5.14. The number of hydrogen-bond donors (Lipinski definition) is 0. The highest BCUT2D eigenvalue weighted by Gasteiger charge is 2.04. The van der Waals surface area contributed by atoms with E-state index in [1.807, 2.05) is 12.1 Å². The molecule has 0 aliphatic heterocycles. The van der Waals surface area contributed by atoms with Crippen molar-refractivity contribution in [3.05, 3.63) is 46.0 Å². The van der Waals surface area contributed by atoms with E-state index in [1.165, 1.54) is 0 Å². The van der Waals surface area contributed by atoms with Crippen LogP contribution >= 0.6 is 23.2 Å². The molecule has 0 aliphatic rings. The van der Waals surface area contributed by atoms with E-state index in [2.05, 4.69) is 26.0 Å². The molecule has 0 bridgehead atoms. The van der Waals surface area contributed by atoms with Gasteiger partial charge >= 0.3 is 0 Å². The molecule has 1 aromatic carbocycles. The number of rotatable bonds is 4. The maximum absolute atomic E-state index is 6.10. The fourth-order valence-corrected chi connectivity index (χ4v) is 1.96. The molecule has 0 aromatic heterocycles. The van der Waals surface area contributed by atoms with Gasteiger partial charge in [-0.2, -0.15) is 0 Å². The molecule has 1 rings (SSSR count). The van der Waals surface area contributed by atoms with Gasteiger partial charge in [-0.25, -0.2) is 0 Å². The lowest BCUT2D eigenvalue weighted by atomic mass is 10.0. The van der Waals surface area contributed by atoms with Crippen molar-refractivity contribution in [2.45, 2.75) is 26.7 Å². The summed E-state index contributed by atoms with van der Waals surface area (Å²) >= 11 is 11.9. The maximum atomic E-state index is 6.10. The Labute approximate surface area is 102 Å². The highest BCUT2D eigenvalue weighted by Crippen LogP contribution is 2.23. The normalized spacial score (nSPS) is 13.3. The van der Waals surface area contributed by atoms with Crippen LogP contribution in [0.1, 0.15) is 25.8 Å². The number of allylic oxidation sites excluding steroid dienone is 2. The summed E-state index contributed by atoms with van der Waals surface area (Å²) < 4.78 is 0. The van der Waals surface area contributed by atoms with E-state index in [4.69, 9.17) is 23.2 Å². The van der Waals surface area contributed by atoms with Crippen LogP contribution in [0.4, 0.5) is 0 Å². The average Bonchev–Trinajstić information content (AvgIpc) is 2.19. The van der Waals surface area contributed by atoms with Gasteiger partial charge in [-0.1, -0.05) is 55.3 Å². The van der Waals surface area contributed by atoms with Crippen molar-refractivity contribution in [1.29, 1.82) is 0 Å². The van der Waals surface area contributed by atoms with E-state index in [0.29, 0.717) is 10.9 Å². The number of hydrogen-bond acceptors (Lipinski definition) is 0. The van der Waals surface area contributed by atoms with Gasteiger partial charge in [0, 0.05) is 10.0 Å². The van der Waals surface area contributed by atoms with E-state index >= 15 is 0 Å². The van der Waals surface area contributed by atoms with Gasteiger partial charge in [0.05, 0.1) is 0 Å². The molecule has 0 amide bonds. The van der Waals surface area contributed by atoms with Crippen LogP contribution in [0.15, 0.2) is 30.4 Å². The first-order chi connectivity index (χ1) is 7.13. The zero-order valence-corrected chi connectivity index (χ0v) is 10.6. The summed E-state index contributed by atoms with van der Waals surface area (Å²) in [5.74, 6) is 0.517. The minimum absolute atomic E-state index is 0.517. The van der Waals surface area contributed by atoms with Crippen LogP contribution in [-0.4, -0.2) is 0 Å². The summed E-state index contributed by atoms with van der Waals surface area (Å²) in [6.07, 6.45) is 6.46. The minimum atomic E-state index is 0.517. The SMILES string of the molecule is CC/C=C\C(C)Cc1ccc(Cl)cc1Cl. The van der Waals surface area contributed by atoms with E-state index in [1.54, 1.807) is 6.07 Å². The smallest absolute Gasteiger partial charge is 0.0453 e. The van der Waals surface area contributed by atoms with Crippen molar-refractivity contribution in [2.75, 3.05) is 0 Å². The lowest BCUT2D eigenvalue weighted by Crippen LogP contribution is -1.96. The van der Waals surface area contributed by atoms with Crippen molar-refractivity contribution in [3.8, 4) is 0 Å². The molecular weight excluding hydrogens is 227 g/mol. The quantitative estimate of drug-likeness (QED) is 0.642. The summed E-state index contributed by atoms with van der Waals surface area (Å²) in [7, 11) is 0. The molecule has 15 heavy (non-hydrogen) atoms. The lowest BCUT2D eigenvalue weighted by molar-refractivity contribution is 0.721. The van der Waals surface area contributed by atoms with Crippen LogP contribution in [0.25, 0.3) is 0 Å². The minimum Gasteiger partial charge on any atom is -0.0885 e. The lowest BCUT2D eigenvalue weighted by Gasteiger charge is -2.08. The molecule has 0 heterocycles. The standard InChI is InChI=1S/C13H16Cl2/c1-3-4-5-10(2)8-11-6-7-12(14)9-13(11)15/h4-7,9-10H,3,8H2,1-2H3/b5-4-. The molecule has 0 nitrogen and oxygen atoms in total. The Balaban J connectivity index is 2.68. The van der Waals surface area contributed by atoms with Crippen LogP contribution in [0.2, 0.25) is 10.0 Å². The molecule has 1 unspecified atom stereocenters. The Morgan fingerprint density at radius 2 is 2.07 bits per heavy atom. The van der Waals surface area contributed by atoms with Gasteiger partial charge in [0.2, 0.25) is 0 Å². The molecular formula is C13H16Cl2. The van der Waals surface area contributed by atoms with E-state index in [-0.39, 0.29) is 0 Å². The molecule has 0 fully saturated rings. The van der Waals surface area contributed by atoms with Gasteiger partial charge < -0.3 is 0 Å². The first-order valence-electron chi connectivity index (χ1n) is 5.24. The number of halogens is 2. The third-order valence-electron chi connectivity index (χ3n) is 2.26. The van der Waals surface area contributed by atoms with Crippen molar-refractivity contribution >= 4 is 23.2 Å². The van der Waals surface area contributed by atoms with Gasteiger partial charge in [-0.05, 0) is 36.5 Å². The second-order valence-corrected chi connectivity index (χ2v) is 4.60. The third kappa shape index (κ3) is 4.27. The average molecular weight is 243 g/mol. The second-order valence-electron chi connectivity index (χ2n) is 3.75. The van der Waals surface area contributed by atoms with Gasteiger partial charge in [-0.15, -0.1) is 0 Å². The monoisotopic (exact) mass is 242 g/mol. The Morgan fingerprint density at radius 3 is 2.67 bits per heavy atom. The van der Waals surface area contributed by atoms with E-state index < -0.39 is 0 Å². The van der Waals surface area contributed by atoms with Crippen LogP contribution in [0.5, 0.6) is 0 Å². The van der Waals surface area contributed by atoms with Crippen molar-refractivity contribution in [3.63, 3.8) is 0 Å². The van der Waals surface area contributed by atoms with Crippen molar-refractivity contribution < 1.29 is 0 Å². The highest BCUT2D eigenvalue weighted by molar-refractivity contribution is 6.35. The van der Waals surface area contributed by atoms with Crippen molar-refractivity contribution in [1.82, 2.24) is 0 Å². The van der Waals surface area contributed by atoms with Crippen LogP contribution in [0, 0.1) is 5.92 Å². The zero-order valence-electron chi connectivity index (χ0n) is 9.13. The van der Waals surface area contributed by atoms with Gasteiger partial charge in [-0.3, -0.25) is 0 Å². The maximum Gasteiger partial charge on any atom is 0.0453 e. The van der Waals surface area contributed by atoms with Crippen LogP contribution < -0.4 is 0 Å². The van der Waals surface area contributed by atoms with Crippen LogP contribution in [-0.2, 0) is 6.42 Å². The molecule has 0 spiro atoms. The summed E-state index contributed by atoms with van der Waals surface area (Å²) in [4.78, 5) is 0. The van der Waals surface area contributed by atoms with Crippen molar-refractivity contribution in [2.24, 2.45) is 5.92 Å². The summed E-state index contributed by atoms with van der Waals surface area (Å²) in [6.45, 7) is 4.33. The van der Waals surface area contributed by atoms with Gasteiger partial charge in [0.15, 0.2) is 0 Å². The van der Waals surface area contributed by atoms with Gasteiger partial charge in [0.1, 0.15) is 0 Å². The topological polar surface area (TPSA) is 0 Å². The first kappa shape index (κ1) is 12.6. The Hall–Kier alpha value is -0.460. The summed E-state index contributed by atoms with van der Waals surface area (Å²) in [5, 5.41) is 1.46.